The van der Waals surface area contributed by atoms with Gasteiger partial charge < -0.3 is 9.84 Å². The summed E-state index contributed by atoms with van der Waals surface area (Å²) in [5, 5.41) is 11.4. The van der Waals surface area contributed by atoms with Crippen molar-refractivity contribution in [3.05, 3.63) is 11.6 Å². The average Bonchev–Trinajstić information content (AvgIpc) is 2.87. The van der Waals surface area contributed by atoms with E-state index in [-0.39, 0.29) is 34.6 Å². The molecule has 3 nitrogen and oxygen atoms in total. The number of hydrogen-bond acceptors (Lipinski definition) is 3. The molecule has 6 bridgehead atoms. The maximum absolute atomic E-state index is 13.5. The minimum absolute atomic E-state index is 0.0151. The van der Waals surface area contributed by atoms with Gasteiger partial charge in [-0.2, -0.15) is 0 Å². The van der Waals surface area contributed by atoms with Gasteiger partial charge in [0.25, 0.3) is 0 Å². The number of carbonyl (C=O) groups is 1. The predicted octanol–water partition coefficient (Wildman–Crippen LogP) is 5.12. The summed E-state index contributed by atoms with van der Waals surface area (Å²) >= 11 is 0. The Balaban J connectivity index is 1.64. The Kier molecular flexibility index (Phi) is 4.05. The highest BCUT2D eigenvalue weighted by atomic mass is 16.6. The minimum Gasteiger partial charge on any atom is -0.458 e. The van der Waals surface area contributed by atoms with Gasteiger partial charge in [0.15, 0.2) is 0 Å². The molecule has 152 valence electrons. The smallest absolute Gasteiger partial charge is 0.310 e. The summed E-state index contributed by atoms with van der Waals surface area (Å²) in [7, 11) is 0. The second kappa shape index (κ2) is 5.62. The number of carbonyl (C=O) groups excluding carboxylic acids is 1. The van der Waals surface area contributed by atoms with E-state index in [1.54, 1.807) is 0 Å². The lowest BCUT2D eigenvalue weighted by molar-refractivity contribution is -0.233. The van der Waals surface area contributed by atoms with E-state index in [0.717, 1.165) is 32.1 Å². The van der Waals surface area contributed by atoms with Gasteiger partial charge in [-0.25, -0.2) is 0 Å². The summed E-state index contributed by atoms with van der Waals surface area (Å²) in [5.74, 6) is 1.20. The van der Waals surface area contributed by atoms with Gasteiger partial charge >= 0.3 is 5.97 Å². The molecule has 0 spiro atoms. The van der Waals surface area contributed by atoms with Gasteiger partial charge in [-0.3, -0.25) is 4.79 Å². The van der Waals surface area contributed by atoms with Crippen LogP contribution in [0, 0.1) is 40.4 Å². The van der Waals surface area contributed by atoms with E-state index < -0.39 is 11.2 Å². The Bertz CT molecular complexity index is 679. The van der Waals surface area contributed by atoms with Crippen molar-refractivity contribution in [2.75, 3.05) is 0 Å². The largest absolute Gasteiger partial charge is 0.458 e. The maximum Gasteiger partial charge on any atom is 0.310 e. The van der Waals surface area contributed by atoms with E-state index in [2.05, 4.69) is 54.5 Å². The van der Waals surface area contributed by atoms with Crippen LogP contribution in [-0.2, 0) is 9.53 Å². The maximum atomic E-state index is 13.5. The number of rotatable bonds is 3. The highest BCUT2D eigenvalue weighted by Gasteiger charge is 2.71. The van der Waals surface area contributed by atoms with Crippen LogP contribution >= 0.6 is 0 Å². The van der Waals surface area contributed by atoms with Crippen molar-refractivity contribution >= 4 is 5.97 Å². The predicted molar refractivity (Wildman–Crippen MR) is 107 cm³/mol. The fraction of sp³-hybridized carbons (Fsp3) is 0.875. The topological polar surface area (TPSA) is 46.5 Å². The van der Waals surface area contributed by atoms with Crippen LogP contribution in [0.25, 0.3) is 0 Å². The fourth-order valence-corrected chi connectivity index (χ4v) is 6.96. The molecule has 27 heavy (non-hydrogen) atoms. The van der Waals surface area contributed by atoms with Crippen LogP contribution in [0.2, 0.25) is 0 Å². The molecule has 0 saturated heterocycles. The average molecular weight is 375 g/mol. The third-order valence-electron chi connectivity index (χ3n) is 8.28. The molecule has 0 aromatic rings. The standard InChI is InChI=1S/C24H38O3/c1-14-17-10-15-11-18-16(23(14,26)12-15)8-9-24(17,18)27-20(25)19(22(5,6)7)13-21(2,3)4/h8,14-15,17-19,26H,9-13H2,1-7H3. The Hall–Kier alpha value is -0.830. The van der Waals surface area contributed by atoms with Crippen molar-refractivity contribution in [3.63, 3.8) is 0 Å². The Morgan fingerprint density at radius 2 is 1.93 bits per heavy atom. The lowest BCUT2D eigenvalue weighted by Crippen LogP contribution is -2.68. The van der Waals surface area contributed by atoms with E-state index in [1.807, 2.05) is 0 Å². The SMILES string of the molecule is CC1C2CC3CC4C(=CCC42OC(=O)C(CC(C)(C)C)C(C)(C)C)C1(O)C3. The summed E-state index contributed by atoms with van der Waals surface area (Å²) < 4.78 is 6.55. The van der Waals surface area contributed by atoms with E-state index in [9.17, 15) is 9.90 Å². The second-order valence-electron chi connectivity index (χ2n) is 12.3. The number of hydrogen-bond donors (Lipinski definition) is 1. The van der Waals surface area contributed by atoms with Crippen molar-refractivity contribution in [2.24, 2.45) is 40.4 Å². The molecule has 0 amide bonds. The molecule has 0 aliphatic heterocycles. The van der Waals surface area contributed by atoms with Gasteiger partial charge in [-0.15, -0.1) is 0 Å². The molecule has 0 aromatic carbocycles. The molecule has 4 saturated carbocycles. The quantitative estimate of drug-likeness (QED) is 0.551. The number of aliphatic hydroxyl groups is 1. The Morgan fingerprint density at radius 1 is 1.26 bits per heavy atom. The lowest BCUT2D eigenvalue weighted by atomic mass is 9.45. The molecule has 3 heteroatoms. The van der Waals surface area contributed by atoms with Crippen LogP contribution < -0.4 is 0 Å². The monoisotopic (exact) mass is 374 g/mol. The third-order valence-corrected chi connectivity index (χ3v) is 8.28. The molecule has 5 aliphatic rings. The van der Waals surface area contributed by atoms with Gasteiger partial charge in [-0.1, -0.05) is 54.5 Å². The molecule has 5 aliphatic carbocycles. The van der Waals surface area contributed by atoms with Gasteiger partial charge in [-0.05, 0) is 53.9 Å². The van der Waals surface area contributed by atoms with Crippen LogP contribution in [0.4, 0.5) is 0 Å². The first-order chi connectivity index (χ1) is 12.3. The van der Waals surface area contributed by atoms with Gasteiger partial charge in [0.05, 0.1) is 11.5 Å². The van der Waals surface area contributed by atoms with E-state index >= 15 is 0 Å². The van der Waals surface area contributed by atoms with Gasteiger partial charge in [0.1, 0.15) is 5.60 Å². The second-order valence-corrected chi connectivity index (χ2v) is 12.3. The fourth-order valence-electron chi connectivity index (χ4n) is 6.96. The zero-order valence-corrected chi connectivity index (χ0v) is 18.3. The van der Waals surface area contributed by atoms with Crippen molar-refractivity contribution in [2.45, 2.75) is 91.8 Å². The molecule has 0 heterocycles. The lowest BCUT2D eigenvalue weighted by Gasteiger charge is -2.64. The summed E-state index contributed by atoms with van der Waals surface area (Å²) in [6.07, 6.45) is 6.97. The zero-order valence-electron chi connectivity index (χ0n) is 18.3. The van der Waals surface area contributed by atoms with Gasteiger partial charge in [0.2, 0.25) is 0 Å². The van der Waals surface area contributed by atoms with E-state index in [0.29, 0.717) is 11.8 Å². The van der Waals surface area contributed by atoms with Crippen LogP contribution in [0.1, 0.15) is 80.6 Å². The first-order valence-corrected chi connectivity index (χ1v) is 10.9. The summed E-state index contributed by atoms with van der Waals surface area (Å²) in [6, 6.07) is 0. The molecule has 0 radical (unpaired) electrons. The molecular formula is C24H38O3. The van der Waals surface area contributed by atoms with Crippen LogP contribution in [0.15, 0.2) is 11.6 Å². The van der Waals surface area contributed by atoms with Crippen molar-refractivity contribution in [1.82, 2.24) is 0 Å². The molecule has 7 unspecified atom stereocenters. The molecule has 0 aromatic heterocycles. The van der Waals surface area contributed by atoms with E-state index in [4.69, 9.17) is 4.74 Å². The Labute approximate surface area is 164 Å². The van der Waals surface area contributed by atoms with Crippen LogP contribution in [-0.4, -0.2) is 22.3 Å². The van der Waals surface area contributed by atoms with Crippen molar-refractivity contribution in [3.8, 4) is 0 Å². The molecule has 1 N–H and O–H groups in total. The minimum atomic E-state index is -0.641. The normalized spacial score (nSPS) is 43.6. The summed E-state index contributed by atoms with van der Waals surface area (Å²) in [6.45, 7) is 15.3. The van der Waals surface area contributed by atoms with Gasteiger partial charge in [0, 0.05) is 18.3 Å². The van der Waals surface area contributed by atoms with Crippen LogP contribution in [0.3, 0.4) is 0 Å². The first-order valence-electron chi connectivity index (χ1n) is 10.9. The third kappa shape index (κ3) is 2.74. The highest BCUT2D eigenvalue weighted by Crippen LogP contribution is 2.69. The number of ether oxygens (including phenoxy) is 1. The Morgan fingerprint density at radius 3 is 2.52 bits per heavy atom. The molecule has 5 rings (SSSR count). The molecular weight excluding hydrogens is 336 g/mol. The summed E-state index contributed by atoms with van der Waals surface area (Å²) in [5.41, 5.74) is 0.123. The van der Waals surface area contributed by atoms with Crippen molar-refractivity contribution < 1.29 is 14.6 Å². The first kappa shape index (κ1) is 19.5. The molecule has 4 fully saturated rings. The molecule has 7 atom stereocenters. The van der Waals surface area contributed by atoms with Crippen LogP contribution in [0.5, 0.6) is 0 Å². The summed E-state index contributed by atoms with van der Waals surface area (Å²) in [4.78, 5) is 13.5. The number of esters is 1. The van der Waals surface area contributed by atoms with E-state index in [1.165, 1.54) is 5.57 Å². The zero-order chi connectivity index (χ0) is 20.0. The van der Waals surface area contributed by atoms with Crippen molar-refractivity contribution in [1.29, 1.82) is 0 Å². The highest BCUT2D eigenvalue weighted by molar-refractivity contribution is 5.74.